The summed E-state index contributed by atoms with van der Waals surface area (Å²) in [5, 5.41) is 0. The van der Waals surface area contributed by atoms with Crippen LogP contribution in [0.4, 0.5) is 0 Å². The zero-order valence-corrected chi connectivity index (χ0v) is 11.1. The molecule has 1 atom stereocenters. The van der Waals surface area contributed by atoms with Crippen LogP contribution in [0, 0.1) is 0 Å². The highest BCUT2D eigenvalue weighted by molar-refractivity contribution is 8.08. The van der Waals surface area contributed by atoms with E-state index in [0.29, 0.717) is 11.3 Å². The van der Waals surface area contributed by atoms with Crippen LogP contribution in [0.2, 0.25) is 0 Å². The average Bonchev–Trinajstić information content (AvgIpc) is 2.29. The summed E-state index contributed by atoms with van der Waals surface area (Å²) in [5.74, 6) is 0.601. The van der Waals surface area contributed by atoms with E-state index in [1.165, 1.54) is 7.11 Å². The Balaban J connectivity index is 2.86. The van der Waals surface area contributed by atoms with Crippen molar-refractivity contribution in [3.8, 4) is 5.75 Å². The first kappa shape index (κ1) is 13.3. The molecule has 1 rings (SSSR count). The Morgan fingerprint density at radius 1 is 1.31 bits per heavy atom. The summed E-state index contributed by atoms with van der Waals surface area (Å²) in [5.41, 5.74) is 0.600. The number of hydrogen-bond acceptors (Lipinski definition) is 4. The zero-order chi connectivity index (χ0) is 12.2. The van der Waals surface area contributed by atoms with Crippen LogP contribution in [0.5, 0.6) is 5.75 Å². The summed E-state index contributed by atoms with van der Waals surface area (Å²) < 4.78 is 12.6. The lowest BCUT2D eigenvalue weighted by Gasteiger charge is -2.26. The quantitative estimate of drug-likeness (QED) is 0.599. The first-order valence-electron chi connectivity index (χ1n) is 4.60. The topological polar surface area (TPSA) is 38.8 Å². The van der Waals surface area contributed by atoms with Gasteiger partial charge in [-0.25, -0.2) is 4.67 Å². The van der Waals surface area contributed by atoms with Crippen molar-refractivity contribution in [3.63, 3.8) is 0 Å². The van der Waals surface area contributed by atoms with Gasteiger partial charge >= 0.3 is 6.64 Å². The monoisotopic (exact) mass is 259 g/mol. The van der Waals surface area contributed by atoms with Gasteiger partial charge in [-0.2, -0.15) is 0 Å². The SMILES string of the molecule is COP(=S)(Oc1ccc(C=O)cc1)N(C)C. The molecule has 4 nitrogen and oxygen atoms in total. The van der Waals surface area contributed by atoms with Crippen molar-refractivity contribution in [2.24, 2.45) is 0 Å². The molecule has 1 aromatic carbocycles. The van der Waals surface area contributed by atoms with Gasteiger partial charge < -0.3 is 9.05 Å². The molecule has 0 saturated heterocycles. The molecule has 0 saturated carbocycles. The summed E-state index contributed by atoms with van der Waals surface area (Å²) >= 11 is 5.29. The first-order chi connectivity index (χ1) is 7.51. The normalized spacial score (nSPS) is 14.5. The molecule has 1 unspecified atom stereocenters. The van der Waals surface area contributed by atoms with E-state index in [-0.39, 0.29) is 0 Å². The first-order valence-corrected chi connectivity index (χ1v) is 7.19. The highest BCUT2D eigenvalue weighted by Gasteiger charge is 2.21. The van der Waals surface area contributed by atoms with Crippen molar-refractivity contribution < 1.29 is 13.8 Å². The maximum atomic E-state index is 10.5. The molecule has 0 aliphatic rings. The van der Waals surface area contributed by atoms with E-state index >= 15 is 0 Å². The second kappa shape index (κ2) is 5.55. The molecule has 0 radical (unpaired) electrons. The third-order valence-corrected chi connectivity index (χ3v) is 5.49. The molecular formula is C10H14NO3PS. The highest BCUT2D eigenvalue weighted by Crippen LogP contribution is 2.49. The lowest BCUT2D eigenvalue weighted by molar-refractivity contribution is 0.112. The lowest BCUT2D eigenvalue weighted by Crippen LogP contribution is -2.13. The van der Waals surface area contributed by atoms with Gasteiger partial charge in [-0.15, -0.1) is 0 Å². The maximum absolute atomic E-state index is 10.5. The van der Waals surface area contributed by atoms with E-state index in [1.54, 1.807) is 28.9 Å². The predicted molar refractivity (Wildman–Crippen MR) is 67.4 cm³/mol. The largest absolute Gasteiger partial charge is 0.433 e. The molecule has 0 bridgehead atoms. The molecule has 16 heavy (non-hydrogen) atoms. The molecule has 0 heterocycles. The van der Waals surface area contributed by atoms with Gasteiger partial charge in [0.15, 0.2) is 0 Å². The van der Waals surface area contributed by atoms with Gasteiger partial charge in [-0.05, 0) is 50.2 Å². The molecular weight excluding hydrogens is 245 g/mol. The standard InChI is InChI=1S/C10H14NO3PS/c1-11(2)15(16,13-3)14-10-6-4-9(8-12)5-7-10/h4-8H,1-3H3. The van der Waals surface area contributed by atoms with Gasteiger partial charge in [0.1, 0.15) is 12.0 Å². The van der Waals surface area contributed by atoms with Crippen molar-refractivity contribution >= 4 is 24.7 Å². The number of nitrogens with zero attached hydrogens (tertiary/aromatic N) is 1. The Kier molecular flexibility index (Phi) is 4.62. The van der Waals surface area contributed by atoms with Crippen LogP contribution in [-0.4, -0.2) is 32.2 Å². The minimum absolute atomic E-state index is 0.600. The lowest BCUT2D eigenvalue weighted by atomic mass is 10.2. The molecule has 0 N–H and O–H groups in total. The smallest absolute Gasteiger partial charge is 0.314 e. The van der Waals surface area contributed by atoms with Crippen LogP contribution < -0.4 is 4.52 Å². The van der Waals surface area contributed by atoms with Gasteiger partial charge in [0.2, 0.25) is 0 Å². The van der Waals surface area contributed by atoms with Crippen LogP contribution in [-0.2, 0) is 16.3 Å². The molecule has 0 aliphatic carbocycles. The average molecular weight is 259 g/mol. The number of aldehydes is 1. The molecule has 0 aromatic heterocycles. The fourth-order valence-electron chi connectivity index (χ4n) is 1.02. The second-order valence-corrected chi connectivity index (χ2v) is 6.95. The Hall–Kier alpha value is -0.740. The number of carbonyl (C=O) groups is 1. The maximum Gasteiger partial charge on any atom is 0.314 e. The molecule has 88 valence electrons. The Bertz CT molecular complexity index is 405. The van der Waals surface area contributed by atoms with E-state index in [4.69, 9.17) is 20.9 Å². The van der Waals surface area contributed by atoms with Crippen molar-refractivity contribution in [2.75, 3.05) is 21.2 Å². The van der Waals surface area contributed by atoms with Crippen molar-refractivity contribution in [3.05, 3.63) is 29.8 Å². The molecule has 0 spiro atoms. The summed E-state index contributed by atoms with van der Waals surface area (Å²) in [6.07, 6.45) is 0.780. The van der Waals surface area contributed by atoms with Crippen LogP contribution in [0.15, 0.2) is 24.3 Å². The van der Waals surface area contributed by atoms with Crippen LogP contribution in [0.3, 0.4) is 0 Å². The predicted octanol–water partition coefficient (Wildman–Crippen LogP) is 2.31. The van der Waals surface area contributed by atoms with Crippen molar-refractivity contribution in [2.45, 2.75) is 0 Å². The molecule has 0 aliphatic heterocycles. The molecule has 0 fully saturated rings. The second-order valence-electron chi connectivity index (χ2n) is 3.28. The minimum Gasteiger partial charge on any atom is -0.433 e. The molecule has 0 amide bonds. The number of hydrogen-bond donors (Lipinski definition) is 0. The van der Waals surface area contributed by atoms with Gasteiger partial charge in [0.05, 0.1) is 0 Å². The fraction of sp³-hybridized carbons (Fsp3) is 0.300. The number of rotatable bonds is 5. The summed E-state index contributed by atoms with van der Waals surface area (Å²) in [6, 6.07) is 6.75. The third kappa shape index (κ3) is 3.12. The zero-order valence-electron chi connectivity index (χ0n) is 9.41. The van der Waals surface area contributed by atoms with E-state index in [0.717, 1.165) is 6.29 Å². The minimum atomic E-state index is -2.44. The summed E-state index contributed by atoms with van der Waals surface area (Å²) in [4.78, 5) is 10.5. The highest BCUT2D eigenvalue weighted by atomic mass is 32.5. The van der Waals surface area contributed by atoms with E-state index in [1.807, 2.05) is 14.1 Å². The van der Waals surface area contributed by atoms with Crippen LogP contribution in [0.25, 0.3) is 0 Å². The van der Waals surface area contributed by atoms with Crippen LogP contribution >= 0.6 is 6.64 Å². The van der Waals surface area contributed by atoms with Gasteiger partial charge in [-0.1, -0.05) is 0 Å². The number of benzene rings is 1. The fourth-order valence-corrected chi connectivity index (χ4v) is 2.23. The van der Waals surface area contributed by atoms with E-state index < -0.39 is 6.64 Å². The number of carbonyl (C=O) groups excluding carboxylic acids is 1. The summed E-state index contributed by atoms with van der Waals surface area (Å²) in [7, 11) is 5.15. The summed E-state index contributed by atoms with van der Waals surface area (Å²) in [6.45, 7) is -2.44. The Morgan fingerprint density at radius 3 is 2.25 bits per heavy atom. The van der Waals surface area contributed by atoms with Gasteiger partial charge in [0, 0.05) is 12.7 Å². The van der Waals surface area contributed by atoms with Crippen molar-refractivity contribution in [1.29, 1.82) is 0 Å². The Morgan fingerprint density at radius 2 is 1.88 bits per heavy atom. The molecule has 1 aromatic rings. The van der Waals surface area contributed by atoms with E-state index in [2.05, 4.69) is 0 Å². The van der Waals surface area contributed by atoms with Gasteiger partial charge in [0.25, 0.3) is 0 Å². The van der Waals surface area contributed by atoms with Crippen LogP contribution in [0.1, 0.15) is 10.4 Å². The van der Waals surface area contributed by atoms with Crippen molar-refractivity contribution in [1.82, 2.24) is 4.67 Å². The van der Waals surface area contributed by atoms with Gasteiger partial charge in [-0.3, -0.25) is 4.79 Å². The van der Waals surface area contributed by atoms with E-state index in [9.17, 15) is 4.79 Å². The Labute approximate surface area is 100 Å². The molecule has 6 heteroatoms. The third-order valence-electron chi connectivity index (χ3n) is 1.96.